The van der Waals surface area contributed by atoms with Gasteiger partial charge in [-0.2, -0.15) is 0 Å². The topological polar surface area (TPSA) is 37.3 Å². The third-order valence-electron chi connectivity index (χ3n) is 1.65. The molecule has 0 aliphatic rings. The van der Waals surface area contributed by atoms with Gasteiger partial charge in [0.05, 0.1) is 0 Å². The van der Waals surface area contributed by atoms with Gasteiger partial charge in [0.25, 0.3) is 0 Å². The van der Waals surface area contributed by atoms with E-state index in [1.807, 2.05) is 0 Å². The van der Waals surface area contributed by atoms with Gasteiger partial charge in [-0.15, -0.1) is 6.58 Å². The quantitative estimate of drug-likeness (QED) is 0.599. The van der Waals surface area contributed by atoms with E-state index >= 15 is 0 Å². The normalized spacial score (nSPS) is 16.7. The summed E-state index contributed by atoms with van der Waals surface area (Å²) in [6.07, 6.45) is 1.52. The van der Waals surface area contributed by atoms with Crippen molar-refractivity contribution in [1.82, 2.24) is 0 Å². The number of aliphatic carboxylic acids is 1. The number of carboxylic acids is 1. The van der Waals surface area contributed by atoms with E-state index in [4.69, 9.17) is 39.9 Å². The minimum atomic E-state index is -1.83. The predicted octanol–water partition coefficient (Wildman–Crippen LogP) is 3.02. The monoisotopic (exact) mass is 230 g/mol. The first-order chi connectivity index (χ1) is 5.25. The van der Waals surface area contributed by atoms with Crippen molar-refractivity contribution < 1.29 is 9.90 Å². The maximum Gasteiger partial charge on any atom is 0.314 e. The number of hydrogen-bond acceptors (Lipinski definition) is 1. The molecular weight excluding hydrogens is 222 g/mol. The van der Waals surface area contributed by atoms with Crippen molar-refractivity contribution in [3.8, 4) is 0 Å². The molecule has 0 aromatic heterocycles. The van der Waals surface area contributed by atoms with Crippen LogP contribution in [-0.4, -0.2) is 14.9 Å². The minimum absolute atomic E-state index is 0.110. The van der Waals surface area contributed by atoms with Crippen molar-refractivity contribution >= 4 is 40.8 Å². The molecule has 0 heterocycles. The number of hydrogen-bond donors (Lipinski definition) is 1. The van der Waals surface area contributed by atoms with E-state index in [9.17, 15) is 4.79 Å². The lowest BCUT2D eigenvalue weighted by molar-refractivity contribution is -0.147. The zero-order chi connectivity index (χ0) is 9.99. The lowest BCUT2D eigenvalue weighted by atomic mass is 9.89. The standard InChI is InChI=1S/C7H9Cl3O2/c1-3-4-6(2,5(11)12)7(8,9)10/h3H,1,4H2,2H3,(H,11,12). The van der Waals surface area contributed by atoms with Gasteiger partial charge in [0.1, 0.15) is 5.41 Å². The summed E-state index contributed by atoms with van der Waals surface area (Å²) >= 11 is 16.5. The van der Waals surface area contributed by atoms with Crippen molar-refractivity contribution in [3.63, 3.8) is 0 Å². The fraction of sp³-hybridized carbons (Fsp3) is 0.571. The number of halogens is 3. The molecule has 0 bridgehead atoms. The maximum absolute atomic E-state index is 10.8. The summed E-state index contributed by atoms with van der Waals surface area (Å²) in [7, 11) is 0. The van der Waals surface area contributed by atoms with E-state index in [1.54, 1.807) is 0 Å². The highest BCUT2D eigenvalue weighted by Gasteiger charge is 2.49. The van der Waals surface area contributed by atoms with Gasteiger partial charge in [0.15, 0.2) is 0 Å². The second-order valence-electron chi connectivity index (χ2n) is 2.63. The van der Waals surface area contributed by atoms with Gasteiger partial charge in [0.2, 0.25) is 3.79 Å². The fourth-order valence-electron chi connectivity index (χ4n) is 0.613. The lowest BCUT2D eigenvalue weighted by Crippen LogP contribution is -2.39. The van der Waals surface area contributed by atoms with E-state index in [0.717, 1.165) is 0 Å². The van der Waals surface area contributed by atoms with Crippen LogP contribution in [0.4, 0.5) is 0 Å². The molecule has 0 aliphatic heterocycles. The van der Waals surface area contributed by atoms with Gasteiger partial charge in [-0.25, -0.2) is 0 Å². The van der Waals surface area contributed by atoms with Gasteiger partial charge < -0.3 is 5.11 Å². The molecule has 1 N–H and O–H groups in total. The van der Waals surface area contributed by atoms with Crippen LogP contribution in [0.5, 0.6) is 0 Å². The van der Waals surface area contributed by atoms with Gasteiger partial charge in [-0.05, 0) is 13.3 Å². The summed E-state index contributed by atoms with van der Waals surface area (Å²) < 4.78 is -1.83. The van der Waals surface area contributed by atoms with E-state index in [2.05, 4.69) is 6.58 Å². The third kappa shape index (κ3) is 2.28. The van der Waals surface area contributed by atoms with Crippen molar-refractivity contribution in [3.05, 3.63) is 12.7 Å². The molecule has 0 rings (SSSR count). The Kier molecular flexibility index (Phi) is 3.88. The van der Waals surface area contributed by atoms with Crippen LogP contribution >= 0.6 is 34.8 Å². The number of allylic oxidation sites excluding steroid dienone is 1. The highest BCUT2D eigenvalue weighted by atomic mass is 35.6. The van der Waals surface area contributed by atoms with Crippen LogP contribution in [0.2, 0.25) is 0 Å². The van der Waals surface area contributed by atoms with Crippen molar-refractivity contribution in [2.45, 2.75) is 17.1 Å². The highest BCUT2D eigenvalue weighted by Crippen LogP contribution is 2.47. The zero-order valence-corrected chi connectivity index (χ0v) is 8.75. The van der Waals surface area contributed by atoms with Crippen LogP contribution in [-0.2, 0) is 4.79 Å². The minimum Gasteiger partial charge on any atom is -0.481 e. The molecular formula is C7H9Cl3O2. The Morgan fingerprint density at radius 3 is 2.08 bits per heavy atom. The third-order valence-corrected chi connectivity index (χ3v) is 2.90. The summed E-state index contributed by atoms with van der Waals surface area (Å²) in [5, 5.41) is 8.80. The molecule has 0 fully saturated rings. The van der Waals surface area contributed by atoms with Crippen molar-refractivity contribution in [1.29, 1.82) is 0 Å². The molecule has 1 unspecified atom stereocenters. The van der Waals surface area contributed by atoms with E-state index in [0.29, 0.717) is 0 Å². The molecule has 0 aliphatic carbocycles. The van der Waals surface area contributed by atoms with Gasteiger partial charge >= 0.3 is 5.97 Å². The summed E-state index contributed by atoms with van der Waals surface area (Å²) in [6, 6.07) is 0. The van der Waals surface area contributed by atoms with Crippen molar-refractivity contribution in [2.75, 3.05) is 0 Å². The molecule has 0 saturated carbocycles. The lowest BCUT2D eigenvalue weighted by Gasteiger charge is -2.30. The molecule has 1 atom stereocenters. The highest BCUT2D eigenvalue weighted by molar-refractivity contribution is 6.68. The molecule has 2 nitrogen and oxygen atoms in total. The Bertz CT molecular complexity index is 197. The summed E-state index contributed by atoms with van der Waals surface area (Å²) in [6.45, 7) is 4.77. The number of carboxylic acid groups (broad SMARTS) is 1. The zero-order valence-electron chi connectivity index (χ0n) is 6.48. The average Bonchev–Trinajstić information content (AvgIpc) is 1.85. The van der Waals surface area contributed by atoms with Crippen molar-refractivity contribution in [2.24, 2.45) is 5.41 Å². The smallest absolute Gasteiger partial charge is 0.314 e. The first-order valence-corrected chi connectivity index (χ1v) is 4.30. The largest absolute Gasteiger partial charge is 0.481 e. The van der Waals surface area contributed by atoms with Crippen LogP contribution in [0.25, 0.3) is 0 Å². The molecule has 0 amide bonds. The second-order valence-corrected chi connectivity index (χ2v) is 4.91. The Morgan fingerprint density at radius 1 is 1.58 bits per heavy atom. The van der Waals surface area contributed by atoms with Crippen LogP contribution in [0.3, 0.4) is 0 Å². The van der Waals surface area contributed by atoms with E-state index in [-0.39, 0.29) is 6.42 Å². The Hall–Kier alpha value is 0.0800. The maximum atomic E-state index is 10.8. The first kappa shape index (κ1) is 12.1. The first-order valence-electron chi connectivity index (χ1n) is 3.16. The summed E-state index contributed by atoms with van der Waals surface area (Å²) in [5.41, 5.74) is -1.42. The molecule has 0 spiro atoms. The van der Waals surface area contributed by atoms with Crippen LogP contribution in [0.15, 0.2) is 12.7 Å². The number of alkyl halides is 3. The SMILES string of the molecule is C=CCC(C)(C(=O)O)C(Cl)(Cl)Cl. The van der Waals surface area contributed by atoms with E-state index in [1.165, 1.54) is 13.0 Å². The summed E-state index contributed by atoms with van der Waals surface area (Å²) in [4.78, 5) is 10.8. The van der Waals surface area contributed by atoms with Crippen LogP contribution in [0.1, 0.15) is 13.3 Å². The molecule has 5 heteroatoms. The molecule has 0 saturated heterocycles. The second kappa shape index (κ2) is 3.86. The molecule has 70 valence electrons. The fourth-order valence-corrected chi connectivity index (χ4v) is 1.09. The Balaban J connectivity index is 4.86. The Labute approximate surface area is 86.1 Å². The molecule has 0 aromatic rings. The Morgan fingerprint density at radius 2 is 2.00 bits per heavy atom. The van der Waals surface area contributed by atoms with Crippen LogP contribution < -0.4 is 0 Å². The van der Waals surface area contributed by atoms with E-state index < -0.39 is 15.2 Å². The van der Waals surface area contributed by atoms with Gasteiger partial charge in [-0.1, -0.05) is 40.9 Å². The van der Waals surface area contributed by atoms with Gasteiger partial charge in [-0.3, -0.25) is 4.79 Å². The number of carbonyl (C=O) groups is 1. The molecule has 0 radical (unpaired) electrons. The van der Waals surface area contributed by atoms with Gasteiger partial charge in [0, 0.05) is 0 Å². The van der Waals surface area contributed by atoms with Crippen LogP contribution in [0, 0.1) is 5.41 Å². The molecule has 12 heavy (non-hydrogen) atoms. The average molecular weight is 232 g/mol. The number of rotatable bonds is 3. The summed E-state index contributed by atoms with van der Waals surface area (Å²) in [5.74, 6) is -1.15. The predicted molar refractivity (Wildman–Crippen MR) is 50.8 cm³/mol. The molecule has 0 aromatic carbocycles.